The van der Waals surface area contributed by atoms with Crippen molar-refractivity contribution in [2.45, 2.75) is 13.8 Å². The number of aromatic nitrogens is 1. The first kappa shape index (κ1) is 19.7. The van der Waals surface area contributed by atoms with Crippen LogP contribution in [-0.4, -0.2) is 29.5 Å². The summed E-state index contributed by atoms with van der Waals surface area (Å²) in [5.41, 5.74) is 2.43. The van der Waals surface area contributed by atoms with Gasteiger partial charge in [0.1, 0.15) is 5.00 Å². The van der Waals surface area contributed by atoms with Crippen molar-refractivity contribution < 1.29 is 19.1 Å². The van der Waals surface area contributed by atoms with E-state index in [2.05, 4.69) is 15.6 Å². The number of carbonyl (C=O) groups is 3. The lowest BCUT2D eigenvalue weighted by molar-refractivity contribution is 0.0926. The summed E-state index contributed by atoms with van der Waals surface area (Å²) in [7, 11) is 0. The molecule has 1 aromatic carbocycles. The zero-order valence-electron chi connectivity index (χ0n) is 15.1. The third-order valence-corrected chi connectivity index (χ3v) is 5.29. The molecule has 0 spiro atoms. The third kappa shape index (κ3) is 4.62. The first-order valence-corrected chi connectivity index (χ1v) is 10.1. The van der Waals surface area contributed by atoms with Crippen molar-refractivity contribution in [3.8, 4) is 11.3 Å². The summed E-state index contributed by atoms with van der Waals surface area (Å²) in [5, 5.41) is 9.77. The average molecular weight is 415 g/mol. The highest BCUT2D eigenvalue weighted by Gasteiger charge is 2.18. The maximum Gasteiger partial charge on any atom is 0.414 e. The number of anilines is 1. The second-order valence-corrected chi connectivity index (χ2v) is 7.60. The minimum atomic E-state index is -0.830. The van der Waals surface area contributed by atoms with Crippen LogP contribution in [0.3, 0.4) is 0 Å². The number of thiophene rings is 1. The van der Waals surface area contributed by atoms with Crippen LogP contribution in [0.15, 0.2) is 41.1 Å². The first-order valence-electron chi connectivity index (χ1n) is 8.37. The molecule has 3 rings (SSSR count). The molecule has 9 heteroatoms. The summed E-state index contributed by atoms with van der Waals surface area (Å²) in [4.78, 5) is 40.5. The Morgan fingerprint density at radius 2 is 1.82 bits per heavy atom. The van der Waals surface area contributed by atoms with Crippen LogP contribution in [0.5, 0.6) is 0 Å². The summed E-state index contributed by atoms with van der Waals surface area (Å²) >= 11 is 2.75. The average Bonchev–Trinajstić information content (AvgIpc) is 3.31. The number of hydrogen-bond donors (Lipinski definition) is 2. The maximum atomic E-state index is 12.5. The van der Waals surface area contributed by atoms with Gasteiger partial charge in [-0.2, -0.15) is 0 Å². The van der Waals surface area contributed by atoms with Gasteiger partial charge in [0.2, 0.25) is 0 Å². The largest absolute Gasteiger partial charge is 0.450 e. The van der Waals surface area contributed by atoms with E-state index in [0.29, 0.717) is 10.6 Å². The lowest BCUT2D eigenvalue weighted by atomic mass is 10.1. The molecule has 2 aromatic heterocycles. The van der Waals surface area contributed by atoms with Crippen LogP contribution in [0.1, 0.15) is 32.6 Å². The third-order valence-electron chi connectivity index (χ3n) is 3.69. The number of hydrogen-bond acceptors (Lipinski definition) is 7. The Labute approximate surface area is 169 Å². The highest BCUT2D eigenvalue weighted by atomic mass is 32.1. The van der Waals surface area contributed by atoms with Gasteiger partial charge in [-0.05, 0) is 37.4 Å². The van der Waals surface area contributed by atoms with E-state index in [1.165, 1.54) is 17.4 Å². The topological polar surface area (TPSA) is 97.4 Å². The van der Waals surface area contributed by atoms with E-state index in [1.807, 2.05) is 24.4 Å². The van der Waals surface area contributed by atoms with E-state index in [-0.39, 0.29) is 18.1 Å². The molecule has 3 aromatic rings. The first-order chi connectivity index (χ1) is 13.5. The number of ether oxygens (including phenoxy) is 1. The van der Waals surface area contributed by atoms with Crippen molar-refractivity contribution in [2.24, 2.45) is 0 Å². The van der Waals surface area contributed by atoms with E-state index >= 15 is 0 Å². The van der Waals surface area contributed by atoms with Crippen LogP contribution in [0, 0.1) is 6.92 Å². The number of rotatable bonds is 5. The van der Waals surface area contributed by atoms with Gasteiger partial charge in [-0.1, -0.05) is 12.1 Å². The predicted octanol–water partition coefficient (Wildman–Crippen LogP) is 4.32. The van der Waals surface area contributed by atoms with Crippen LogP contribution in [0.4, 0.5) is 9.80 Å². The Morgan fingerprint density at radius 3 is 2.46 bits per heavy atom. The highest BCUT2D eigenvalue weighted by Crippen LogP contribution is 2.25. The van der Waals surface area contributed by atoms with Crippen molar-refractivity contribution in [3.05, 3.63) is 57.2 Å². The summed E-state index contributed by atoms with van der Waals surface area (Å²) in [5.74, 6) is -0.988. The fourth-order valence-electron chi connectivity index (χ4n) is 2.38. The molecular formula is C19H17N3O4S2. The van der Waals surface area contributed by atoms with E-state index in [0.717, 1.165) is 16.3 Å². The summed E-state index contributed by atoms with van der Waals surface area (Å²) < 4.78 is 4.69. The van der Waals surface area contributed by atoms with Crippen LogP contribution < -0.4 is 10.6 Å². The SMILES string of the molecule is CCOC(=O)NC(=O)c1ccsc1NC(=O)c1ccc(-c2csc(C)n2)cc1. The number of nitrogens with zero attached hydrogens (tertiary/aromatic N) is 1. The van der Waals surface area contributed by atoms with Crippen molar-refractivity contribution in [1.82, 2.24) is 10.3 Å². The molecule has 0 aliphatic rings. The predicted molar refractivity (Wildman–Crippen MR) is 109 cm³/mol. The van der Waals surface area contributed by atoms with E-state index in [9.17, 15) is 14.4 Å². The Kier molecular flexibility index (Phi) is 6.17. The van der Waals surface area contributed by atoms with E-state index in [1.54, 1.807) is 35.8 Å². The fourth-order valence-corrected chi connectivity index (χ4v) is 3.78. The smallest absolute Gasteiger partial charge is 0.414 e. The van der Waals surface area contributed by atoms with Crippen molar-refractivity contribution in [2.75, 3.05) is 11.9 Å². The van der Waals surface area contributed by atoms with Crippen LogP contribution in [0.25, 0.3) is 11.3 Å². The Bertz CT molecular complexity index is 1010. The van der Waals surface area contributed by atoms with Crippen LogP contribution in [0.2, 0.25) is 0 Å². The Balaban J connectivity index is 1.69. The van der Waals surface area contributed by atoms with Gasteiger partial charge in [0, 0.05) is 16.5 Å². The Morgan fingerprint density at radius 1 is 1.07 bits per heavy atom. The number of thiazole rings is 1. The van der Waals surface area contributed by atoms with Crippen molar-refractivity contribution in [3.63, 3.8) is 0 Å². The number of benzene rings is 1. The maximum absolute atomic E-state index is 12.5. The number of nitrogens with one attached hydrogen (secondary N) is 2. The van der Waals surface area contributed by atoms with Crippen LogP contribution >= 0.6 is 22.7 Å². The Hall–Kier alpha value is -3.04. The standard InChI is InChI=1S/C19H17N3O4S2/c1-3-26-19(25)22-17(24)14-8-9-27-18(14)21-16(23)13-6-4-12(5-7-13)15-10-28-11(2)20-15/h4-10H,3H2,1-2H3,(H,21,23)(H,22,24,25). The van der Waals surface area contributed by atoms with Crippen molar-refractivity contribution >= 4 is 45.6 Å². The number of aryl methyl sites for hydroxylation is 1. The van der Waals surface area contributed by atoms with Gasteiger partial charge in [-0.15, -0.1) is 22.7 Å². The minimum Gasteiger partial charge on any atom is -0.450 e. The molecule has 28 heavy (non-hydrogen) atoms. The molecule has 0 unspecified atom stereocenters. The van der Waals surface area contributed by atoms with Gasteiger partial charge in [0.05, 0.1) is 22.9 Å². The van der Waals surface area contributed by atoms with Gasteiger partial charge in [0.15, 0.2) is 0 Å². The van der Waals surface area contributed by atoms with E-state index < -0.39 is 12.0 Å². The van der Waals surface area contributed by atoms with Gasteiger partial charge in [-0.25, -0.2) is 9.78 Å². The second-order valence-electron chi connectivity index (χ2n) is 5.62. The van der Waals surface area contributed by atoms with Crippen LogP contribution in [-0.2, 0) is 4.74 Å². The highest BCUT2D eigenvalue weighted by molar-refractivity contribution is 7.14. The summed E-state index contributed by atoms with van der Waals surface area (Å²) in [6, 6.07) is 8.58. The second kappa shape index (κ2) is 8.77. The normalized spacial score (nSPS) is 10.4. The van der Waals surface area contributed by atoms with Gasteiger partial charge in [0.25, 0.3) is 11.8 Å². The molecule has 2 heterocycles. The molecule has 7 nitrogen and oxygen atoms in total. The molecule has 2 N–H and O–H groups in total. The fraction of sp³-hybridized carbons (Fsp3) is 0.158. The van der Waals surface area contributed by atoms with Gasteiger partial charge >= 0.3 is 6.09 Å². The molecule has 0 atom stereocenters. The quantitative estimate of drug-likeness (QED) is 0.647. The number of alkyl carbamates (subject to hydrolysis) is 1. The molecule has 0 radical (unpaired) electrons. The molecule has 144 valence electrons. The minimum absolute atomic E-state index is 0.156. The van der Waals surface area contributed by atoms with Crippen molar-refractivity contribution in [1.29, 1.82) is 0 Å². The molecular weight excluding hydrogens is 398 g/mol. The lowest BCUT2D eigenvalue weighted by Gasteiger charge is -2.07. The zero-order valence-corrected chi connectivity index (χ0v) is 16.8. The van der Waals surface area contributed by atoms with E-state index in [4.69, 9.17) is 4.74 Å². The molecule has 3 amide bonds. The lowest BCUT2D eigenvalue weighted by Crippen LogP contribution is -2.31. The molecule has 0 saturated heterocycles. The summed E-state index contributed by atoms with van der Waals surface area (Å²) in [6.07, 6.45) is -0.830. The van der Waals surface area contributed by atoms with Gasteiger partial charge in [-0.3, -0.25) is 14.9 Å². The molecule has 0 aliphatic carbocycles. The summed E-state index contributed by atoms with van der Waals surface area (Å²) in [6.45, 7) is 3.73. The molecule has 0 fully saturated rings. The molecule has 0 aliphatic heterocycles. The number of imide groups is 1. The number of carbonyl (C=O) groups excluding carboxylic acids is 3. The zero-order chi connectivity index (χ0) is 20.1. The van der Waals surface area contributed by atoms with Gasteiger partial charge < -0.3 is 10.1 Å². The molecule has 0 saturated carbocycles. The monoisotopic (exact) mass is 415 g/mol. The number of amides is 3. The molecule has 0 bridgehead atoms.